The van der Waals surface area contributed by atoms with Gasteiger partial charge in [-0.3, -0.25) is 9.59 Å². The van der Waals surface area contributed by atoms with E-state index in [4.69, 9.17) is 0 Å². The summed E-state index contributed by atoms with van der Waals surface area (Å²) in [4.78, 5) is 29.5. The van der Waals surface area contributed by atoms with Crippen LogP contribution in [0.1, 0.15) is 36.2 Å². The van der Waals surface area contributed by atoms with E-state index in [1.165, 1.54) is 6.42 Å². The van der Waals surface area contributed by atoms with Crippen LogP contribution >= 0.6 is 0 Å². The molecule has 1 aromatic carbocycles. The van der Waals surface area contributed by atoms with Gasteiger partial charge in [0.15, 0.2) is 5.69 Å². The zero-order chi connectivity index (χ0) is 16.7. The van der Waals surface area contributed by atoms with E-state index in [-0.39, 0.29) is 17.5 Å². The van der Waals surface area contributed by atoms with Gasteiger partial charge in [0, 0.05) is 24.0 Å². The number of amides is 1. The molecular weight excluding hydrogens is 304 g/mol. The van der Waals surface area contributed by atoms with Crippen LogP contribution < -0.4 is 5.56 Å². The average molecular weight is 326 g/mol. The number of nitrogens with zero attached hydrogens (tertiary/aromatic N) is 3. The highest BCUT2D eigenvalue weighted by atomic mass is 16.2. The third-order valence-electron chi connectivity index (χ3n) is 5.48. The fourth-order valence-electron chi connectivity index (χ4n) is 4.28. The molecular formula is C18H22N4O2. The van der Waals surface area contributed by atoms with Gasteiger partial charge in [0.05, 0.1) is 5.39 Å². The van der Waals surface area contributed by atoms with Crippen LogP contribution in [0.2, 0.25) is 0 Å². The summed E-state index contributed by atoms with van der Waals surface area (Å²) >= 11 is 0. The second-order valence-corrected chi connectivity index (χ2v) is 6.85. The van der Waals surface area contributed by atoms with Crippen molar-refractivity contribution >= 4 is 16.7 Å². The summed E-state index contributed by atoms with van der Waals surface area (Å²) in [5.74, 6) is -0.0646. The average Bonchev–Trinajstić information content (AvgIpc) is 3.23. The molecule has 0 spiro atoms. The maximum absolute atomic E-state index is 13.2. The molecule has 2 aromatic rings. The zero-order valence-corrected chi connectivity index (χ0v) is 13.9. The van der Waals surface area contributed by atoms with E-state index in [9.17, 15) is 9.59 Å². The maximum Gasteiger partial charge on any atom is 0.275 e. The minimum atomic E-state index is -0.254. The number of rotatable bonds is 2. The first-order valence-electron chi connectivity index (χ1n) is 8.65. The summed E-state index contributed by atoms with van der Waals surface area (Å²) in [5.41, 5.74) is 0.105. The Morgan fingerprint density at radius 3 is 2.58 bits per heavy atom. The van der Waals surface area contributed by atoms with Crippen molar-refractivity contribution in [1.29, 1.82) is 0 Å². The molecule has 2 atom stereocenters. The van der Waals surface area contributed by atoms with Crippen molar-refractivity contribution < 1.29 is 4.79 Å². The molecule has 2 aliphatic heterocycles. The van der Waals surface area contributed by atoms with Gasteiger partial charge in [-0.2, -0.15) is 5.10 Å². The fourth-order valence-corrected chi connectivity index (χ4v) is 4.28. The molecule has 126 valence electrons. The first-order chi connectivity index (χ1) is 11.7. The standard InChI is InChI=1S/C18H22N4O2/c1-21-10-4-8-14(21)15-9-5-11-22(15)18(24)16-12-6-2-3-7-13(12)17(23)20-19-16/h2-3,6-7,14-15H,4-5,8-11H2,1H3,(H,20,23)/t14-,15-/m1/s1. The topological polar surface area (TPSA) is 69.3 Å². The van der Waals surface area contributed by atoms with E-state index in [1.807, 2.05) is 11.0 Å². The Labute approximate surface area is 140 Å². The van der Waals surface area contributed by atoms with E-state index in [0.717, 1.165) is 32.4 Å². The summed E-state index contributed by atoms with van der Waals surface area (Å²) in [6, 6.07) is 7.86. The number of benzene rings is 1. The number of carbonyl (C=O) groups is 1. The second kappa shape index (κ2) is 6.02. The molecule has 0 radical (unpaired) electrons. The lowest BCUT2D eigenvalue weighted by Crippen LogP contribution is -2.47. The molecule has 2 aliphatic rings. The first kappa shape index (κ1) is 15.3. The number of nitrogens with one attached hydrogen (secondary N) is 1. The van der Waals surface area contributed by atoms with Crippen LogP contribution in [0.4, 0.5) is 0 Å². The molecule has 0 bridgehead atoms. The number of likely N-dealkylation sites (tertiary alicyclic amines) is 2. The lowest BCUT2D eigenvalue weighted by atomic mass is 10.0. The Morgan fingerprint density at radius 1 is 1.12 bits per heavy atom. The van der Waals surface area contributed by atoms with Crippen LogP contribution in [0.3, 0.4) is 0 Å². The minimum absolute atomic E-state index is 0.0646. The Hall–Kier alpha value is -2.21. The van der Waals surface area contributed by atoms with Crippen molar-refractivity contribution in [2.24, 2.45) is 0 Å². The molecule has 2 fully saturated rings. The quantitative estimate of drug-likeness (QED) is 0.910. The number of aromatic nitrogens is 2. The largest absolute Gasteiger partial charge is 0.333 e. The van der Waals surface area contributed by atoms with Crippen molar-refractivity contribution in [3.05, 3.63) is 40.3 Å². The molecule has 6 nitrogen and oxygen atoms in total. The lowest BCUT2D eigenvalue weighted by molar-refractivity contribution is 0.0659. The fraction of sp³-hybridized carbons (Fsp3) is 0.500. The van der Waals surface area contributed by atoms with E-state index >= 15 is 0 Å². The van der Waals surface area contributed by atoms with E-state index in [0.29, 0.717) is 22.5 Å². The van der Waals surface area contributed by atoms with Gasteiger partial charge in [-0.15, -0.1) is 0 Å². The maximum atomic E-state index is 13.2. The SMILES string of the molecule is CN1CCC[C@@H]1[C@H]1CCCN1C(=O)c1n[nH]c(=O)c2ccccc12. The first-order valence-corrected chi connectivity index (χ1v) is 8.65. The number of likely N-dealkylation sites (N-methyl/N-ethyl adjacent to an activating group) is 1. The number of fused-ring (bicyclic) bond motifs is 1. The third kappa shape index (κ3) is 2.41. The van der Waals surface area contributed by atoms with Gasteiger partial charge < -0.3 is 9.80 Å². The van der Waals surface area contributed by atoms with Crippen LogP contribution in [0, 0.1) is 0 Å². The highest BCUT2D eigenvalue weighted by Crippen LogP contribution is 2.30. The smallest absolute Gasteiger partial charge is 0.275 e. The van der Waals surface area contributed by atoms with Crippen molar-refractivity contribution in [2.75, 3.05) is 20.1 Å². The van der Waals surface area contributed by atoms with Crippen molar-refractivity contribution in [3.8, 4) is 0 Å². The van der Waals surface area contributed by atoms with Gasteiger partial charge in [-0.05, 0) is 45.3 Å². The molecule has 1 aromatic heterocycles. The number of H-pyrrole nitrogens is 1. The molecule has 6 heteroatoms. The zero-order valence-electron chi connectivity index (χ0n) is 13.9. The number of hydrogen-bond acceptors (Lipinski definition) is 4. The monoisotopic (exact) mass is 326 g/mol. The highest BCUT2D eigenvalue weighted by Gasteiger charge is 2.39. The molecule has 24 heavy (non-hydrogen) atoms. The number of carbonyl (C=O) groups excluding carboxylic acids is 1. The van der Waals surface area contributed by atoms with Crippen LogP contribution in [0.5, 0.6) is 0 Å². The van der Waals surface area contributed by atoms with Gasteiger partial charge in [-0.1, -0.05) is 18.2 Å². The minimum Gasteiger partial charge on any atom is -0.333 e. The molecule has 0 aliphatic carbocycles. The van der Waals surface area contributed by atoms with Crippen LogP contribution in [0.25, 0.3) is 10.8 Å². The third-order valence-corrected chi connectivity index (χ3v) is 5.48. The van der Waals surface area contributed by atoms with Gasteiger partial charge in [0.2, 0.25) is 0 Å². The van der Waals surface area contributed by atoms with Gasteiger partial charge in [0.25, 0.3) is 11.5 Å². The van der Waals surface area contributed by atoms with E-state index in [1.54, 1.807) is 18.2 Å². The summed E-state index contributed by atoms with van der Waals surface area (Å²) < 4.78 is 0. The van der Waals surface area contributed by atoms with Gasteiger partial charge in [-0.25, -0.2) is 5.10 Å². The molecule has 1 amide bonds. The Kier molecular flexibility index (Phi) is 3.84. The van der Waals surface area contributed by atoms with Crippen LogP contribution in [-0.2, 0) is 0 Å². The molecule has 4 rings (SSSR count). The normalized spacial score (nSPS) is 24.8. The predicted octanol–water partition coefficient (Wildman–Crippen LogP) is 1.62. The lowest BCUT2D eigenvalue weighted by Gasteiger charge is -2.33. The van der Waals surface area contributed by atoms with Crippen LogP contribution in [0.15, 0.2) is 29.1 Å². The van der Waals surface area contributed by atoms with Gasteiger partial charge >= 0.3 is 0 Å². The molecule has 3 heterocycles. The Bertz CT molecular complexity index is 831. The van der Waals surface area contributed by atoms with Gasteiger partial charge in [0.1, 0.15) is 0 Å². The van der Waals surface area contributed by atoms with Crippen LogP contribution in [-0.4, -0.2) is 58.1 Å². The van der Waals surface area contributed by atoms with Crippen molar-refractivity contribution in [3.63, 3.8) is 0 Å². The summed E-state index contributed by atoms with van der Waals surface area (Å²) in [6.45, 7) is 1.87. The summed E-state index contributed by atoms with van der Waals surface area (Å²) in [6.07, 6.45) is 4.41. The number of aromatic amines is 1. The van der Waals surface area contributed by atoms with Crippen molar-refractivity contribution in [2.45, 2.75) is 37.8 Å². The molecule has 0 unspecified atom stereocenters. The van der Waals surface area contributed by atoms with E-state index in [2.05, 4.69) is 22.1 Å². The Morgan fingerprint density at radius 2 is 1.83 bits per heavy atom. The molecule has 2 saturated heterocycles. The Balaban J connectivity index is 1.71. The molecule has 1 N–H and O–H groups in total. The highest BCUT2D eigenvalue weighted by molar-refractivity contribution is 6.04. The summed E-state index contributed by atoms with van der Waals surface area (Å²) in [5, 5.41) is 7.72. The number of hydrogen-bond donors (Lipinski definition) is 1. The predicted molar refractivity (Wildman–Crippen MR) is 92.1 cm³/mol. The second-order valence-electron chi connectivity index (χ2n) is 6.85. The summed E-state index contributed by atoms with van der Waals surface area (Å²) in [7, 11) is 2.15. The van der Waals surface area contributed by atoms with E-state index < -0.39 is 0 Å². The molecule has 0 saturated carbocycles. The van der Waals surface area contributed by atoms with Crippen molar-refractivity contribution in [1.82, 2.24) is 20.0 Å².